The van der Waals surface area contributed by atoms with Crippen LogP contribution in [0.15, 0.2) is 33.9 Å². The van der Waals surface area contributed by atoms with Gasteiger partial charge >= 0.3 is 5.97 Å². The van der Waals surface area contributed by atoms with Crippen molar-refractivity contribution in [1.82, 2.24) is 0 Å². The van der Waals surface area contributed by atoms with Gasteiger partial charge in [0.15, 0.2) is 0 Å². The summed E-state index contributed by atoms with van der Waals surface area (Å²) in [4.78, 5) is 11.6. The van der Waals surface area contributed by atoms with Gasteiger partial charge in [0.2, 0.25) is 0 Å². The molecule has 0 aromatic heterocycles. The first-order chi connectivity index (χ1) is 8.10. The number of carbonyl (C=O) groups is 1. The number of hydrogen-bond donors (Lipinski definition) is 1. The zero-order valence-electron chi connectivity index (χ0n) is 9.81. The van der Waals surface area contributed by atoms with Crippen molar-refractivity contribution in [3.8, 4) is 0 Å². The summed E-state index contributed by atoms with van der Waals surface area (Å²) in [5.41, 5.74) is 2.06. The van der Waals surface area contributed by atoms with E-state index in [-0.39, 0.29) is 5.57 Å². The minimum Gasteiger partial charge on any atom is -0.463 e. The predicted octanol–water partition coefficient (Wildman–Crippen LogP) is 2.91. The molecular formula is C13H15IO3. The van der Waals surface area contributed by atoms with E-state index in [4.69, 9.17) is 4.74 Å². The fourth-order valence-corrected chi connectivity index (χ4v) is 1.95. The molecule has 4 heteroatoms. The fourth-order valence-electron chi connectivity index (χ4n) is 1.36. The molecule has 0 aliphatic heterocycles. The van der Waals surface area contributed by atoms with Crippen LogP contribution >= 0.6 is 22.6 Å². The molecule has 1 atom stereocenters. The van der Waals surface area contributed by atoms with Gasteiger partial charge in [-0.1, -0.05) is 52.4 Å². The van der Waals surface area contributed by atoms with Crippen molar-refractivity contribution in [3.63, 3.8) is 0 Å². The first-order valence-corrected chi connectivity index (χ1v) is 6.56. The molecule has 0 spiro atoms. The maximum Gasteiger partial charge on any atom is 0.337 e. The molecule has 0 aliphatic rings. The molecule has 17 heavy (non-hydrogen) atoms. The normalized spacial score (nSPS) is 13.3. The van der Waals surface area contributed by atoms with E-state index >= 15 is 0 Å². The van der Waals surface area contributed by atoms with Crippen molar-refractivity contribution < 1.29 is 14.6 Å². The summed E-state index contributed by atoms with van der Waals surface area (Å²) in [6.45, 7) is 4.00. The highest BCUT2D eigenvalue weighted by Crippen LogP contribution is 2.24. The van der Waals surface area contributed by atoms with Crippen LogP contribution in [0.1, 0.15) is 24.2 Å². The van der Waals surface area contributed by atoms with Crippen LogP contribution in [0, 0.1) is 6.92 Å². The monoisotopic (exact) mass is 346 g/mol. The lowest BCUT2D eigenvalue weighted by Crippen LogP contribution is -2.14. The molecule has 92 valence electrons. The molecule has 1 N–H and O–H groups in total. The van der Waals surface area contributed by atoms with E-state index in [1.165, 1.54) is 0 Å². The number of carbonyl (C=O) groups excluding carboxylic acids is 1. The average Bonchev–Trinajstić information content (AvgIpc) is 2.31. The minimum absolute atomic E-state index is 0.260. The van der Waals surface area contributed by atoms with Gasteiger partial charge in [-0.2, -0.15) is 0 Å². The first kappa shape index (κ1) is 14.2. The fraction of sp³-hybridized carbons (Fsp3) is 0.308. The number of halogens is 1. The Morgan fingerprint density at radius 1 is 1.47 bits per heavy atom. The van der Waals surface area contributed by atoms with E-state index in [2.05, 4.69) is 0 Å². The molecular weight excluding hydrogens is 331 g/mol. The van der Waals surface area contributed by atoms with Crippen LogP contribution in [0.5, 0.6) is 0 Å². The largest absolute Gasteiger partial charge is 0.463 e. The Bertz CT molecular complexity index is 409. The number of ether oxygens (including phenoxy) is 1. The number of rotatable bonds is 4. The highest BCUT2D eigenvalue weighted by atomic mass is 127. The maximum absolute atomic E-state index is 11.6. The molecule has 0 saturated heterocycles. The topological polar surface area (TPSA) is 46.5 Å². The van der Waals surface area contributed by atoms with E-state index in [1.807, 2.05) is 41.6 Å². The molecule has 1 rings (SSSR count). The Balaban J connectivity index is 2.90. The van der Waals surface area contributed by atoms with Gasteiger partial charge in [0.1, 0.15) is 6.10 Å². The predicted molar refractivity (Wildman–Crippen MR) is 74.9 cm³/mol. The van der Waals surface area contributed by atoms with Gasteiger partial charge in [-0.15, -0.1) is 0 Å². The summed E-state index contributed by atoms with van der Waals surface area (Å²) in [7, 11) is 0. The van der Waals surface area contributed by atoms with Gasteiger partial charge in [0, 0.05) is 0 Å². The average molecular weight is 346 g/mol. The Morgan fingerprint density at radius 2 is 2.06 bits per heavy atom. The number of benzene rings is 1. The van der Waals surface area contributed by atoms with Crippen LogP contribution in [0.4, 0.5) is 0 Å². The smallest absolute Gasteiger partial charge is 0.337 e. The molecule has 0 heterocycles. The Morgan fingerprint density at radius 3 is 2.53 bits per heavy atom. The summed E-state index contributed by atoms with van der Waals surface area (Å²) in [6, 6.07) is 7.40. The minimum atomic E-state index is -0.938. The summed E-state index contributed by atoms with van der Waals surface area (Å²) >= 11 is 1.93. The van der Waals surface area contributed by atoms with Gasteiger partial charge < -0.3 is 9.84 Å². The summed E-state index contributed by atoms with van der Waals surface area (Å²) < 4.78 is 6.45. The van der Waals surface area contributed by atoms with Crippen molar-refractivity contribution in [2.75, 3.05) is 6.61 Å². The molecule has 0 fully saturated rings. The summed E-state index contributed by atoms with van der Waals surface area (Å²) in [6.07, 6.45) is -0.938. The first-order valence-electron chi connectivity index (χ1n) is 5.32. The molecule has 0 bridgehead atoms. The van der Waals surface area contributed by atoms with Crippen molar-refractivity contribution in [3.05, 3.63) is 45.0 Å². The van der Waals surface area contributed by atoms with Gasteiger partial charge in [-0.3, -0.25) is 0 Å². The number of aliphatic hydroxyl groups excluding tert-OH is 1. The Kier molecular flexibility index (Phi) is 5.64. The van der Waals surface area contributed by atoms with Crippen molar-refractivity contribution in [1.29, 1.82) is 0 Å². The van der Waals surface area contributed by atoms with Crippen molar-refractivity contribution in [2.45, 2.75) is 20.0 Å². The molecule has 3 nitrogen and oxygen atoms in total. The van der Waals surface area contributed by atoms with E-state index in [1.54, 1.807) is 23.1 Å². The van der Waals surface area contributed by atoms with Crippen LogP contribution < -0.4 is 0 Å². The third-order valence-corrected chi connectivity index (χ3v) is 2.99. The zero-order valence-corrected chi connectivity index (χ0v) is 12.0. The van der Waals surface area contributed by atoms with Crippen molar-refractivity contribution >= 4 is 28.6 Å². The van der Waals surface area contributed by atoms with Crippen LogP contribution in [-0.4, -0.2) is 17.7 Å². The van der Waals surface area contributed by atoms with Crippen LogP contribution in [0.25, 0.3) is 0 Å². The van der Waals surface area contributed by atoms with E-state index in [9.17, 15) is 9.90 Å². The highest BCUT2D eigenvalue weighted by Gasteiger charge is 2.20. The quantitative estimate of drug-likeness (QED) is 0.518. The molecule has 0 amide bonds. The Labute approximate surface area is 115 Å². The molecule has 0 radical (unpaired) electrons. The number of esters is 1. The summed E-state index contributed by atoms with van der Waals surface area (Å²) in [5.74, 6) is -0.477. The van der Waals surface area contributed by atoms with Crippen LogP contribution in [0.2, 0.25) is 0 Å². The van der Waals surface area contributed by atoms with Crippen molar-refractivity contribution in [2.24, 2.45) is 0 Å². The van der Waals surface area contributed by atoms with Gasteiger partial charge in [0.05, 0.1) is 12.2 Å². The molecule has 1 aromatic carbocycles. The lowest BCUT2D eigenvalue weighted by atomic mass is 10.0. The summed E-state index contributed by atoms with van der Waals surface area (Å²) in [5, 5.41) is 10.1. The van der Waals surface area contributed by atoms with Gasteiger partial charge in [0.25, 0.3) is 0 Å². The second-order valence-corrected chi connectivity index (χ2v) is 4.22. The van der Waals surface area contributed by atoms with E-state index in [0.717, 1.165) is 5.56 Å². The van der Waals surface area contributed by atoms with Gasteiger partial charge in [-0.25, -0.2) is 4.79 Å². The third kappa shape index (κ3) is 3.81. The number of aliphatic hydroxyl groups is 1. The molecule has 0 saturated carbocycles. The van der Waals surface area contributed by atoms with E-state index in [0.29, 0.717) is 12.2 Å². The lowest BCUT2D eigenvalue weighted by molar-refractivity contribution is -0.139. The molecule has 0 aliphatic carbocycles. The van der Waals surface area contributed by atoms with Crippen LogP contribution in [0.3, 0.4) is 0 Å². The van der Waals surface area contributed by atoms with Crippen LogP contribution in [-0.2, 0) is 9.53 Å². The highest BCUT2D eigenvalue weighted by molar-refractivity contribution is 14.1. The number of aryl methyl sites for hydroxylation is 1. The second kappa shape index (κ2) is 6.76. The maximum atomic E-state index is 11.6. The second-order valence-electron chi connectivity index (χ2n) is 3.60. The molecule has 1 aromatic rings. The third-order valence-electron chi connectivity index (χ3n) is 2.32. The standard InChI is InChI=1S/C13H15IO3/c1-3-17-13(16)11(8-14)12(15)10-6-4-9(2)5-7-10/h4-8,12,15H,3H2,1-2H3/b11-8-/t12-/m0/s1. The molecule has 0 unspecified atom stereocenters. The van der Waals surface area contributed by atoms with Gasteiger partial charge in [-0.05, 0) is 23.5 Å². The zero-order chi connectivity index (χ0) is 12.8. The lowest BCUT2D eigenvalue weighted by Gasteiger charge is -2.13. The van der Waals surface area contributed by atoms with E-state index < -0.39 is 12.1 Å². The SMILES string of the molecule is CCOC(=O)/C(=C\I)[C@@H](O)c1ccc(C)cc1. The number of hydrogen-bond acceptors (Lipinski definition) is 3. The Hall–Kier alpha value is -0.880.